The summed E-state index contributed by atoms with van der Waals surface area (Å²) >= 11 is 0. The molecule has 0 saturated heterocycles. The van der Waals surface area contributed by atoms with Crippen LogP contribution < -0.4 is 10.6 Å². The normalized spacial score (nSPS) is 19.2. The van der Waals surface area contributed by atoms with Crippen LogP contribution in [0.15, 0.2) is 54.6 Å². The predicted molar refractivity (Wildman–Crippen MR) is 96.0 cm³/mol. The average Bonchev–Trinajstić information content (AvgIpc) is 2.59. The molecule has 126 valence electrons. The summed E-state index contributed by atoms with van der Waals surface area (Å²) in [5.74, 6) is 0. The number of amides is 1. The number of nitrogens with one attached hydrogen (secondary N) is 2. The van der Waals surface area contributed by atoms with Crippen molar-refractivity contribution in [1.82, 2.24) is 5.32 Å². The van der Waals surface area contributed by atoms with Crippen LogP contribution in [0.25, 0.3) is 0 Å². The fourth-order valence-corrected chi connectivity index (χ4v) is 2.90. The first-order chi connectivity index (χ1) is 11.7. The highest BCUT2D eigenvalue weighted by atomic mass is 16.5. The number of carbonyl (C=O) groups excluding carboxylic acids is 1. The highest BCUT2D eigenvalue weighted by Gasteiger charge is 2.30. The van der Waals surface area contributed by atoms with Gasteiger partial charge in [0.2, 0.25) is 0 Å². The summed E-state index contributed by atoms with van der Waals surface area (Å²) in [4.78, 5) is 11.8. The first-order valence-corrected chi connectivity index (χ1v) is 8.55. The molecule has 0 atom stereocenters. The lowest BCUT2D eigenvalue weighted by molar-refractivity contribution is 0.129. The largest absolute Gasteiger partial charge is 0.445 e. The number of alkyl carbamates (subject to hydrolysis) is 1. The second kappa shape index (κ2) is 7.86. The number of hydrogen-bond donors (Lipinski definition) is 2. The monoisotopic (exact) mass is 324 g/mol. The lowest BCUT2D eigenvalue weighted by atomic mass is 9.86. The molecule has 1 saturated carbocycles. The summed E-state index contributed by atoms with van der Waals surface area (Å²) in [6.07, 6.45) is 2.56. The molecular formula is C20H24N2O2. The van der Waals surface area contributed by atoms with Crippen LogP contribution in [0.3, 0.4) is 0 Å². The highest BCUT2D eigenvalue weighted by Crippen LogP contribution is 2.25. The standard InChI is InChI=1S/C20H24N2O2/c1-2-15-9-6-10-17(11-15)21-18-12-19(13-18)22-20(23)24-14-16-7-4-3-5-8-16/h3-11,18-19,21H,2,12-14H2,1H3,(H,22,23). The van der Waals surface area contributed by atoms with Crippen LogP contribution in [-0.2, 0) is 17.8 Å². The Labute approximate surface area is 143 Å². The van der Waals surface area contributed by atoms with E-state index in [1.54, 1.807) is 0 Å². The summed E-state index contributed by atoms with van der Waals surface area (Å²) in [5.41, 5.74) is 3.49. The van der Waals surface area contributed by atoms with Crippen molar-refractivity contribution in [1.29, 1.82) is 0 Å². The van der Waals surface area contributed by atoms with Gasteiger partial charge in [-0.3, -0.25) is 0 Å². The van der Waals surface area contributed by atoms with Gasteiger partial charge in [-0.05, 0) is 42.5 Å². The summed E-state index contributed by atoms with van der Waals surface area (Å²) in [6.45, 7) is 2.47. The zero-order valence-electron chi connectivity index (χ0n) is 14.0. The number of aryl methyl sites for hydroxylation is 1. The molecule has 1 fully saturated rings. The van der Waals surface area contributed by atoms with Gasteiger partial charge in [-0.1, -0.05) is 49.4 Å². The maximum Gasteiger partial charge on any atom is 0.407 e. The Hall–Kier alpha value is -2.49. The summed E-state index contributed by atoms with van der Waals surface area (Å²) in [5, 5.41) is 6.45. The molecule has 2 aromatic rings. The molecule has 0 heterocycles. The maximum atomic E-state index is 11.8. The van der Waals surface area contributed by atoms with E-state index in [4.69, 9.17) is 4.74 Å². The first-order valence-electron chi connectivity index (χ1n) is 8.55. The molecule has 0 spiro atoms. The van der Waals surface area contributed by atoms with Gasteiger partial charge >= 0.3 is 6.09 Å². The van der Waals surface area contributed by atoms with Gasteiger partial charge in [-0.15, -0.1) is 0 Å². The second-order valence-electron chi connectivity index (χ2n) is 6.27. The summed E-state index contributed by atoms with van der Waals surface area (Å²) in [6, 6.07) is 18.8. The van der Waals surface area contributed by atoms with Crippen molar-refractivity contribution >= 4 is 11.8 Å². The van der Waals surface area contributed by atoms with Gasteiger partial charge < -0.3 is 15.4 Å². The molecule has 0 bridgehead atoms. The van der Waals surface area contributed by atoms with Crippen molar-refractivity contribution in [3.63, 3.8) is 0 Å². The van der Waals surface area contributed by atoms with Crippen LogP contribution in [0.4, 0.5) is 10.5 Å². The Balaban J connectivity index is 1.36. The van der Waals surface area contributed by atoms with Crippen molar-refractivity contribution in [3.05, 3.63) is 65.7 Å². The molecule has 1 amide bonds. The summed E-state index contributed by atoms with van der Waals surface area (Å²) in [7, 11) is 0. The minimum absolute atomic E-state index is 0.195. The Kier molecular flexibility index (Phi) is 5.36. The van der Waals surface area contributed by atoms with Crippen LogP contribution in [0.5, 0.6) is 0 Å². The van der Waals surface area contributed by atoms with E-state index < -0.39 is 0 Å². The van der Waals surface area contributed by atoms with Gasteiger partial charge in [0.15, 0.2) is 0 Å². The topological polar surface area (TPSA) is 50.4 Å². The Morgan fingerprint density at radius 1 is 1.04 bits per heavy atom. The number of rotatable bonds is 6. The third-order valence-electron chi connectivity index (χ3n) is 4.38. The molecule has 1 aliphatic carbocycles. The molecule has 1 aliphatic rings. The third-order valence-corrected chi connectivity index (χ3v) is 4.38. The van der Waals surface area contributed by atoms with Crippen molar-refractivity contribution in [2.45, 2.75) is 44.9 Å². The van der Waals surface area contributed by atoms with Gasteiger partial charge in [-0.2, -0.15) is 0 Å². The van der Waals surface area contributed by atoms with E-state index in [9.17, 15) is 4.79 Å². The van der Waals surface area contributed by atoms with Crippen LogP contribution >= 0.6 is 0 Å². The number of carbonyl (C=O) groups is 1. The lowest BCUT2D eigenvalue weighted by Crippen LogP contribution is -2.49. The summed E-state index contributed by atoms with van der Waals surface area (Å²) < 4.78 is 5.25. The van der Waals surface area contributed by atoms with Gasteiger partial charge in [0.05, 0.1) is 0 Å². The van der Waals surface area contributed by atoms with Crippen LogP contribution in [-0.4, -0.2) is 18.2 Å². The van der Waals surface area contributed by atoms with E-state index in [0.29, 0.717) is 12.6 Å². The van der Waals surface area contributed by atoms with Crippen LogP contribution in [0.2, 0.25) is 0 Å². The minimum atomic E-state index is -0.338. The van der Waals surface area contributed by atoms with E-state index in [1.165, 1.54) is 5.56 Å². The quantitative estimate of drug-likeness (QED) is 0.840. The van der Waals surface area contributed by atoms with Gasteiger partial charge in [-0.25, -0.2) is 4.79 Å². The number of benzene rings is 2. The SMILES string of the molecule is CCc1cccc(NC2CC(NC(=O)OCc3ccccc3)C2)c1. The molecule has 0 radical (unpaired) electrons. The van der Waals surface area contributed by atoms with Gasteiger partial charge in [0.1, 0.15) is 6.61 Å². The van der Waals surface area contributed by atoms with E-state index in [2.05, 4.69) is 41.8 Å². The van der Waals surface area contributed by atoms with E-state index in [1.807, 2.05) is 30.3 Å². The van der Waals surface area contributed by atoms with Crippen LogP contribution in [0, 0.1) is 0 Å². The Morgan fingerprint density at radius 3 is 2.54 bits per heavy atom. The molecule has 2 N–H and O–H groups in total. The molecule has 2 aromatic carbocycles. The van der Waals surface area contributed by atoms with E-state index in [0.717, 1.165) is 30.5 Å². The average molecular weight is 324 g/mol. The fourth-order valence-electron chi connectivity index (χ4n) is 2.90. The van der Waals surface area contributed by atoms with Crippen molar-refractivity contribution in [2.24, 2.45) is 0 Å². The van der Waals surface area contributed by atoms with E-state index >= 15 is 0 Å². The lowest BCUT2D eigenvalue weighted by Gasteiger charge is -2.36. The van der Waals surface area contributed by atoms with Crippen molar-refractivity contribution in [3.8, 4) is 0 Å². The fraction of sp³-hybridized carbons (Fsp3) is 0.350. The predicted octanol–water partition coefficient (Wildman–Crippen LogP) is 4.12. The van der Waals surface area contributed by atoms with Crippen LogP contribution in [0.1, 0.15) is 30.9 Å². The smallest absolute Gasteiger partial charge is 0.407 e. The number of anilines is 1. The molecule has 4 nitrogen and oxygen atoms in total. The van der Waals surface area contributed by atoms with Crippen molar-refractivity contribution in [2.75, 3.05) is 5.32 Å². The molecular weight excluding hydrogens is 300 g/mol. The minimum Gasteiger partial charge on any atom is -0.445 e. The molecule has 0 aromatic heterocycles. The molecule has 4 heteroatoms. The molecule has 3 rings (SSSR count). The van der Waals surface area contributed by atoms with Gasteiger partial charge in [0, 0.05) is 17.8 Å². The zero-order valence-corrected chi connectivity index (χ0v) is 14.0. The molecule has 0 aliphatic heterocycles. The highest BCUT2D eigenvalue weighted by molar-refractivity contribution is 5.67. The first kappa shape index (κ1) is 16.4. The Bertz CT molecular complexity index is 666. The molecule has 24 heavy (non-hydrogen) atoms. The van der Waals surface area contributed by atoms with E-state index in [-0.39, 0.29) is 12.1 Å². The van der Waals surface area contributed by atoms with Gasteiger partial charge in [0.25, 0.3) is 0 Å². The second-order valence-corrected chi connectivity index (χ2v) is 6.27. The zero-order chi connectivity index (χ0) is 16.8. The Morgan fingerprint density at radius 2 is 1.79 bits per heavy atom. The third kappa shape index (κ3) is 4.51. The molecule has 0 unspecified atom stereocenters. The maximum absolute atomic E-state index is 11.8. The number of ether oxygens (including phenoxy) is 1. The number of hydrogen-bond acceptors (Lipinski definition) is 3. The van der Waals surface area contributed by atoms with Crippen molar-refractivity contribution < 1.29 is 9.53 Å².